The molecule has 3 heteroatoms. The van der Waals surface area contributed by atoms with Crippen LogP contribution in [0.2, 0.25) is 0 Å². The molecule has 1 aliphatic rings. The molecule has 1 aromatic carbocycles. The highest BCUT2D eigenvalue weighted by Gasteiger charge is 2.16. The zero-order valence-corrected chi connectivity index (χ0v) is 8.69. The molecule has 1 unspecified atom stereocenters. The molecule has 3 nitrogen and oxygen atoms in total. The summed E-state index contributed by atoms with van der Waals surface area (Å²) in [5.74, 6) is 1.32. The molecular weight excluding hydrogens is 188 g/mol. The van der Waals surface area contributed by atoms with Crippen LogP contribution in [-0.2, 0) is 6.42 Å². The first-order valence-corrected chi connectivity index (χ1v) is 5.36. The predicted octanol–water partition coefficient (Wildman–Crippen LogP) is 2.02. The summed E-state index contributed by atoms with van der Waals surface area (Å²) in [5, 5.41) is 8.79. The van der Waals surface area contributed by atoms with Crippen molar-refractivity contribution in [3.05, 3.63) is 35.9 Å². The number of aliphatic imine (C=N–C) groups is 1. The number of benzene rings is 1. The van der Waals surface area contributed by atoms with Gasteiger partial charge in [0.25, 0.3) is 0 Å². The van der Waals surface area contributed by atoms with E-state index in [-0.39, 0.29) is 0 Å². The Morgan fingerprint density at radius 1 is 1.33 bits per heavy atom. The number of hydrogen-bond donors (Lipinski definition) is 2. The molecule has 0 spiro atoms. The van der Waals surface area contributed by atoms with E-state index in [2.05, 4.69) is 34.7 Å². The van der Waals surface area contributed by atoms with Crippen LogP contribution in [0.1, 0.15) is 18.4 Å². The molecule has 0 fully saturated rings. The van der Waals surface area contributed by atoms with Crippen molar-refractivity contribution < 1.29 is 5.21 Å². The number of nitrogens with zero attached hydrogens (tertiary/aromatic N) is 1. The Balaban J connectivity index is 1.94. The van der Waals surface area contributed by atoms with Crippen LogP contribution < -0.4 is 5.48 Å². The maximum Gasteiger partial charge on any atom is 0.120 e. The zero-order valence-electron chi connectivity index (χ0n) is 8.69. The molecule has 0 saturated carbocycles. The van der Waals surface area contributed by atoms with Gasteiger partial charge in [-0.05, 0) is 24.3 Å². The van der Waals surface area contributed by atoms with E-state index < -0.39 is 0 Å². The van der Waals surface area contributed by atoms with Crippen molar-refractivity contribution in [2.45, 2.75) is 19.3 Å². The average molecular weight is 204 g/mol. The van der Waals surface area contributed by atoms with Gasteiger partial charge < -0.3 is 0 Å². The molecule has 1 aromatic rings. The van der Waals surface area contributed by atoms with Crippen LogP contribution in [0, 0.1) is 5.92 Å². The summed E-state index contributed by atoms with van der Waals surface area (Å²) >= 11 is 0. The van der Waals surface area contributed by atoms with Gasteiger partial charge >= 0.3 is 0 Å². The van der Waals surface area contributed by atoms with Crippen molar-refractivity contribution in [1.29, 1.82) is 0 Å². The lowest BCUT2D eigenvalue weighted by Crippen LogP contribution is -2.27. The topological polar surface area (TPSA) is 44.6 Å². The number of hydroxylamine groups is 1. The first kappa shape index (κ1) is 10.2. The van der Waals surface area contributed by atoms with Gasteiger partial charge in [0.2, 0.25) is 0 Å². The molecule has 2 N–H and O–H groups in total. The number of amidine groups is 1. The fourth-order valence-electron chi connectivity index (χ4n) is 2.02. The Kier molecular flexibility index (Phi) is 3.35. The van der Waals surface area contributed by atoms with Crippen LogP contribution in [0.5, 0.6) is 0 Å². The largest absolute Gasteiger partial charge is 0.290 e. The highest BCUT2D eigenvalue weighted by molar-refractivity contribution is 5.81. The monoisotopic (exact) mass is 204 g/mol. The summed E-state index contributed by atoms with van der Waals surface area (Å²) in [4.78, 5) is 4.20. The van der Waals surface area contributed by atoms with Crippen LogP contribution in [0.3, 0.4) is 0 Å². The summed E-state index contributed by atoms with van der Waals surface area (Å²) in [6.45, 7) is 0.820. The fourth-order valence-corrected chi connectivity index (χ4v) is 2.02. The van der Waals surface area contributed by atoms with E-state index in [1.54, 1.807) is 0 Å². The standard InChI is InChI=1S/C12H16N2O/c15-14-12-9-11(6-7-13-12)8-10-4-2-1-3-5-10/h1-5,11,15H,6-9H2,(H,13,14). The third kappa shape index (κ3) is 2.80. The molecule has 2 rings (SSSR count). The van der Waals surface area contributed by atoms with Crippen LogP contribution >= 0.6 is 0 Å². The van der Waals surface area contributed by atoms with Gasteiger partial charge in [-0.3, -0.25) is 15.7 Å². The lowest BCUT2D eigenvalue weighted by atomic mass is 9.91. The van der Waals surface area contributed by atoms with E-state index in [1.807, 2.05) is 6.07 Å². The molecule has 0 aromatic heterocycles. The van der Waals surface area contributed by atoms with Crippen LogP contribution in [0.25, 0.3) is 0 Å². The van der Waals surface area contributed by atoms with Gasteiger partial charge in [-0.1, -0.05) is 30.3 Å². The van der Waals surface area contributed by atoms with Gasteiger partial charge in [0, 0.05) is 13.0 Å². The minimum absolute atomic E-state index is 0.597. The quantitative estimate of drug-likeness (QED) is 0.724. The van der Waals surface area contributed by atoms with Gasteiger partial charge in [0.1, 0.15) is 5.84 Å². The molecule has 1 heterocycles. The Bertz CT molecular complexity index is 335. The summed E-state index contributed by atoms with van der Waals surface area (Å²) in [5.41, 5.74) is 3.53. The van der Waals surface area contributed by atoms with E-state index >= 15 is 0 Å². The van der Waals surface area contributed by atoms with Crippen molar-refractivity contribution in [1.82, 2.24) is 5.48 Å². The summed E-state index contributed by atoms with van der Waals surface area (Å²) in [6.07, 6.45) is 3.03. The average Bonchev–Trinajstić information content (AvgIpc) is 2.31. The van der Waals surface area contributed by atoms with Crippen LogP contribution in [-0.4, -0.2) is 17.6 Å². The predicted molar refractivity (Wildman–Crippen MR) is 60.1 cm³/mol. The molecule has 0 amide bonds. The molecule has 1 aliphatic heterocycles. The van der Waals surface area contributed by atoms with Crippen molar-refractivity contribution in [2.75, 3.05) is 6.54 Å². The number of rotatable bonds is 2. The Morgan fingerprint density at radius 2 is 2.13 bits per heavy atom. The first-order valence-electron chi connectivity index (χ1n) is 5.36. The molecule has 1 atom stereocenters. The van der Waals surface area contributed by atoms with Gasteiger partial charge in [-0.2, -0.15) is 0 Å². The van der Waals surface area contributed by atoms with Gasteiger partial charge in [0.15, 0.2) is 0 Å². The number of hydrogen-bond acceptors (Lipinski definition) is 3. The van der Waals surface area contributed by atoms with Gasteiger partial charge in [0.05, 0.1) is 0 Å². The highest BCUT2D eigenvalue weighted by Crippen LogP contribution is 2.19. The summed E-state index contributed by atoms with van der Waals surface area (Å²) < 4.78 is 0. The maximum absolute atomic E-state index is 8.79. The Hall–Kier alpha value is -1.35. The van der Waals surface area contributed by atoms with Crippen LogP contribution in [0.4, 0.5) is 0 Å². The molecule has 80 valence electrons. The molecule has 0 saturated heterocycles. The number of nitrogens with one attached hydrogen (secondary N) is 1. The third-order valence-electron chi connectivity index (χ3n) is 2.82. The highest BCUT2D eigenvalue weighted by atomic mass is 16.5. The second-order valence-electron chi connectivity index (χ2n) is 3.99. The smallest absolute Gasteiger partial charge is 0.120 e. The normalized spacial score (nSPS) is 20.9. The molecule has 0 bridgehead atoms. The van der Waals surface area contributed by atoms with Crippen molar-refractivity contribution >= 4 is 5.84 Å². The summed E-state index contributed by atoms with van der Waals surface area (Å²) in [6, 6.07) is 10.5. The lowest BCUT2D eigenvalue weighted by molar-refractivity contribution is 0.226. The lowest BCUT2D eigenvalue weighted by Gasteiger charge is -2.21. The van der Waals surface area contributed by atoms with Gasteiger partial charge in [-0.25, -0.2) is 0 Å². The minimum atomic E-state index is 0.597. The zero-order chi connectivity index (χ0) is 10.5. The molecule has 0 radical (unpaired) electrons. The van der Waals surface area contributed by atoms with Crippen molar-refractivity contribution in [3.63, 3.8) is 0 Å². The van der Waals surface area contributed by atoms with E-state index in [0.29, 0.717) is 5.92 Å². The molecule has 15 heavy (non-hydrogen) atoms. The Morgan fingerprint density at radius 3 is 2.87 bits per heavy atom. The van der Waals surface area contributed by atoms with E-state index in [9.17, 15) is 0 Å². The second-order valence-corrected chi connectivity index (χ2v) is 3.99. The van der Waals surface area contributed by atoms with E-state index in [1.165, 1.54) is 5.56 Å². The van der Waals surface area contributed by atoms with Gasteiger partial charge in [-0.15, -0.1) is 0 Å². The van der Waals surface area contributed by atoms with Crippen LogP contribution in [0.15, 0.2) is 35.3 Å². The Labute approximate surface area is 89.8 Å². The maximum atomic E-state index is 8.79. The van der Waals surface area contributed by atoms with E-state index in [4.69, 9.17) is 5.21 Å². The SMILES string of the molecule is ONC1=NCCC(Cc2ccccc2)C1. The summed E-state index contributed by atoms with van der Waals surface area (Å²) in [7, 11) is 0. The first-order chi connectivity index (χ1) is 7.38. The minimum Gasteiger partial charge on any atom is -0.290 e. The van der Waals surface area contributed by atoms with E-state index in [0.717, 1.165) is 31.6 Å². The van der Waals surface area contributed by atoms with Crippen molar-refractivity contribution in [3.8, 4) is 0 Å². The third-order valence-corrected chi connectivity index (χ3v) is 2.82. The van der Waals surface area contributed by atoms with Crippen molar-refractivity contribution in [2.24, 2.45) is 10.9 Å². The molecule has 0 aliphatic carbocycles. The molecular formula is C12H16N2O. The fraction of sp³-hybridized carbons (Fsp3) is 0.417. The second kappa shape index (κ2) is 4.94.